The topological polar surface area (TPSA) is 101 Å². The van der Waals surface area contributed by atoms with Crippen LogP contribution in [0.4, 0.5) is 0 Å². The van der Waals surface area contributed by atoms with Crippen molar-refractivity contribution in [1.82, 2.24) is 14.9 Å². The first-order valence-corrected chi connectivity index (χ1v) is 7.21. The predicted octanol–water partition coefficient (Wildman–Crippen LogP) is 0.143. The number of nitrogens with two attached hydrogens (primary N) is 1. The maximum absolute atomic E-state index is 12.0. The number of hydrogen-bond donors (Lipinski definition) is 3. The molecule has 4 N–H and O–H groups in total. The van der Waals surface area contributed by atoms with Gasteiger partial charge in [0, 0.05) is 12.0 Å². The van der Waals surface area contributed by atoms with E-state index in [1.54, 1.807) is 0 Å². The van der Waals surface area contributed by atoms with E-state index in [0.29, 0.717) is 4.99 Å². The zero-order chi connectivity index (χ0) is 12.5. The van der Waals surface area contributed by atoms with E-state index in [1.807, 2.05) is 0 Å². The Bertz CT molecular complexity index is 497. The Hall–Kier alpha value is -0.990. The Morgan fingerprint density at radius 3 is 2.94 bits per heavy atom. The highest BCUT2D eigenvalue weighted by molar-refractivity contribution is 7.89. The number of aromatic amines is 1. The SMILES string of the molecule is NC(=S)C1CCCC1NS(=O)(=O)c1ccn[nH]1. The van der Waals surface area contributed by atoms with Crippen molar-refractivity contribution in [3.05, 3.63) is 12.3 Å². The Morgan fingerprint density at radius 1 is 1.59 bits per heavy atom. The van der Waals surface area contributed by atoms with E-state index in [4.69, 9.17) is 18.0 Å². The average molecular weight is 274 g/mol. The lowest BCUT2D eigenvalue weighted by Crippen LogP contribution is -2.41. The molecular weight excluding hydrogens is 260 g/mol. The van der Waals surface area contributed by atoms with Gasteiger partial charge in [-0.15, -0.1) is 0 Å². The second-order valence-electron chi connectivity index (χ2n) is 4.09. The number of sulfonamides is 1. The van der Waals surface area contributed by atoms with Crippen LogP contribution in [-0.2, 0) is 10.0 Å². The molecule has 1 aromatic rings. The molecule has 0 aliphatic heterocycles. The lowest BCUT2D eigenvalue weighted by Gasteiger charge is -2.19. The predicted molar refractivity (Wildman–Crippen MR) is 66.8 cm³/mol. The van der Waals surface area contributed by atoms with E-state index in [0.717, 1.165) is 19.3 Å². The van der Waals surface area contributed by atoms with E-state index in [1.165, 1.54) is 12.3 Å². The molecule has 1 saturated carbocycles. The van der Waals surface area contributed by atoms with Gasteiger partial charge in [-0.25, -0.2) is 13.1 Å². The van der Waals surface area contributed by atoms with Gasteiger partial charge in [0.25, 0.3) is 10.0 Å². The third kappa shape index (κ3) is 2.64. The summed E-state index contributed by atoms with van der Waals surface area (Å²) >= 11 is 4.94. The van der Waals surface area contributed by atoms with Gasteiger partial charge in [0.15, 0.2) is 5.03 Å². The summed E-state index contributed by atoms with van der Waals surface area (Å²) in [4.78, 5) is 0.375. The van der Waals surface area contributed by atoms with Crippen LogP contribution in [-0.4, -0.2) is 29.6 Å². The largest absolute Gasteiger partial charge is 0.393 e. The summed E-state index contributed by atoms with van der Waals surface area (Å²) in [5.41, 5.74) is 5.60. The number of H-pyrrole nitrogens is 1. The van der Waals surface area contributed by atoms with Gasteiger partial charge in [-0.3, -0.25) is 5.10 Å². The van der Waals surface area contributed by atoms with Gasteiger partial charge in [0.2, 0.25) is 0 Å². The zero-order valence-electron chi connectivity index (χ0n) is 9.09. The molecule has 1 fully saturated rings. The molecule has 1 aliphatic carbocycles. The van der Waals surface area contributed by atoms with E-state index in [2.05, 4.69) is 14.9 Å². The highest BCUT2D eigenvalue weighted by Gasteiger charge is 2.33. The van der Waals surface area contributed by atoms with Crippen LogP contribution in [0.3, 0.4) is 0 Å². The lowest BCUT2D eigenvalue weighted by molar-refractivity contribution is 0.522. The Morgan fingerprint density at radius 2 is 2.35 bits per heavy atom. The van der Waals surface area contributed by atoms with Crippen molar-refractivity contribution < 1.29 is 8.42 Å². The van der Waals surface area contributed by atoms with Crippen LogP contribution < -0.4 is 10.5 Å². The number of aromatic nitrogens is 2. The first-order valence-electron chi connectivity index (χ1n) is 5.32. The third-order valence-electron chi connectivity index (χ3n) is 2.95. The Labute approximate surface area is 105 Å². The van der Waals surface area contributed by atoms with Crippen LogP contribution in [0.1, 0.15) is 19.3 Å². The molecule has 2 atom stereocenters. The Balaban J connectivity index is 2.14. The summed E-state index contributed by atoms with van der Waals surface area (Å²) in [5.74, 6) is -0.0531. The van der Waals surface area contributed by atoms with Crippen LogP contribution >= 0.6 is 12.2 Å². The van der Waals surface area contributed by atoms with Crippen LogP contribution in [0.25, 0.3) is 0 Å². The molecule has 0 radical (unpaired) electrons. The molecule has 0 spiro atoms. The normalized spacial score (nSPS) is 24.9. The van der Waals surface area contributed by atoms with Gasteiger partial charge in [-0.1, -0.05) is 18.6 Å². The summed E-state index contributed by atoms with van der Waals surface area (Å²) in [5, 5.41) is 6.11. The van der Waals surface area contributed by atoms with Crippen LogP contribution in [0.15, 0.2) is 17.3 Å². The summed E-state index contributed by atoms with van der Waals surface area (Å²) in [6.45, 7) is 0. The first-order chi connectivity index (χ1) is 8.00. The van der Waals surface area contributed by atoms with Crippen molar-refractivity contribution in [3.8, 4) is 0 Å². The molecule has 0 amide bonds. The fourth-order valence-corrected chi connectivity index (χ4v) is 3.60. The van der Waals surface area contributed by atoms with E-state index in [-0.39, 0.29) is 17.0 Å². The van der Waals surface area contributed by atoms with Gasteiger partial charge in [-0.2, -0.15) is 5.10 Å². The van der Waals surface area contributed by atoms with Gasteiger partial charge in [0.1, 0.15) is 0 Å². The van der Waals surface area contributed by atoms with Gasteiger partial charge >= 0.3 is 0 Å². The van der Waals surface area contributed by atoms with Crippen molar-refractivity contribution >= 4 is 27.2 Å². The van der Waals surface area contributed by atoms with Crippen LogP contribution in [0.5, 0.6) is 0 Å². The van der Waals surface area contributed by atoms with Gasteiger partial charge in [0.05, 0.1) is 11.2 Å². The number of nitrogens with zero attached hydrogens (tertiary/aromatic N) is 1. The molecule has 0 saturated heterocycles. The highest BCUT2D eigenvalue weighted by atomic mass is 32.2. The quantitative estimate of drug-likeness (QED) is 0.678. The second kappa shape index (κ2) is 4.71. The monoisotopic (exact) mass is 274 g/mol. The van der Waals surface area contributed by atoms with Crippen LogP contribution in [0.2, 0.25) is 0 Å². The standard InChI is InChI=1S/C9H14N4O2S2/c10-9(16)6-2-1-3-7(6)13-17(14,15)8-4-5-11-12-8/h4-7,13H,1-3H2,(H2,10,16)(H,11,12). The molecule has 2 rings (SSSR count). The summed E-state index contributed by atoms with van der Waals surface area (Å²) < 4.78 is 26.5. The maximum atomic E-state index is 12.0. The second-order valence-corrected chi connectivity index (χ2v) is 6.24. The number of nitrogens with one attached hydrogen (secondary N) is 2. The van der Waals surface area contributed by atoms with Crippen LogP contribution in [0, 0.1) is 5.92 Å². The number of rotatable bonds is 4. The van der Waals surface area contributed by atoms with E-state index >= 15 is 0 Å². The molecular formula is C9H14N4O2S2. The highest BCUT2D eigenvalue weighted by Crippen LogP contribution is 2.27. The number of thiocarbonyl (C=S) groups is 1. The van der Waals surface area contributed by atoms with Crippen molar-refractivity contribution in [1.29, 1.82) is 0 Å². The molecule has 8 heteroatoms. The molecule has 1 aliphatic rings. The van der Waals surface area contributed by atoms with Gasteiger partial charge in [-0.05, 0) is 18.9 Å². The molecule has 0 bridgehead atoms. The van der Waals surface area contributed by atoms with Crippen molar-refractivity contribution in [2.45, 2.75) is 30.3 Å². The summed E-state index contributed by atoms with van der Waals surface area (Å²) in [6, 6.07) is 1.20. The molecule has 0 aromatic carbocycles. The Kier molecular flexibility index (Phi) is 3.45. The van der Waals surface area contributed by atoms with Gasteiger partial charge < -0.3 is 5.73 Å². The molecule has 1 heterocycles. The summed E-state index contributed by atoms with van der Waals surface area (Å²) in [6.07, 6.45) is 3.92. The number of hydrogen-bond acceptors (Lipinski definition) is 4. The zero-order valence-corrected chi connectivity index (χ0v) is 10.7. The maximum Gasteiger partial charge on any atom is 0.257 e. The summed E-state index contributed by atoms with van der Waals surface area (Å²) in [7, 11) is -3.55. The van der Waals surface area contributed by atoms with E-state index in [9.17, 15) is 8.42 Å². The van der Waals surface area contributed by atoms with E-state index < -0.39 is 10.0 Å². The molecule has 17 heavy (non-hydrogen) atoms. The smallest absolute Gasteiger partial charge is 0.257 e. The molecule has 94 valence electrons. The third-order valence-corrected chi connectivity index (χ3v) is 4.67. The molecule has 2 unspecified atom stereocenters. The molecule has 1 aromatic heterocycles. The first kappa shape index (κ1) is 12.5. The fraction of sp³-hybridized carbons (Fsp3) is 0.556. The van der Waals surface area contributed by atoms with Crippen molar-refractivity contribution in [2.75, 3.05) is 0 Å². The minimum atomic E-state index is -3.55. The minimum absolute atomic E-state index is 0.0531. The van der Waals surface area contributed by atoms with Crippen molar-refractivity contribution in [3.63, 3.8) is 0 Å². The lowest BCUT2D eigenvalue weighted by atomic mass is 10.1. The fourth-order valence-electron chi connectivity index (χ4n) is 2.10. The minimum Gasteiger partial charge on any atom is -0.393 e. The molecule has 6 nitrogen and oxygen atoms in total. The average Bonchev–Trinajstić information content (AvgIpc) is 2.85. The van der Waals surface area contributed by atoms with Crippen molar-refractivity contribution in [2.24, 2.45) is 11.7 Å².